The molecule has 4 atom stereocenters. The summed E-state index contributed by atoms with van der Waals surface area (Å²) in [6, 6.07) is 0. The molecule has 0 amide bonds. The minimum absolute atomic E-state index is 0.526. The van der Waals surface area contributed by atoms with Crippen molar-refractivity contribution in [3.05, 3.63) is 12.7 Å². The van der Waals surface area contributed by atoms with Gasteiger partial charge in [-0.15, -0.1) is 0 Å². The Hall–Kier alpha value is -1.78. The van der Waals surface area contributed by atoms with Gasteiger partial charge in [-0.2, -0.15) is 48.3 Å². The highest BCUT2D eigenvalue weighted by Gasteiger charge is 3.13. The molecule has 0 spiro atoms. The Labute approximate surface area is 155 Å². The van der Waals surface area contributed by atoms with Gasteiger partial charge in [0.2, 0.25) is 0 Å². The lowest BCUT2D eigenvalue weighted by atomic mass is 9.50. The van der Waals surface area contributed by atoms with Crippen LogP contribution in [0, 0.1) is 0 Å². The molecular weight excluding hydrogens is 467 g/mol. The molecule has 2 rings (SSSR count). The second-order valence-electron chi connectivity index (χ2n) is 6.45. The summed E-state index contributed by atoms with van der Waals surface area (Å²) in [5.74, 6) is -47.8. The normalized spacial score (nSPS) is 44.8. The van der Waals surface area contributed by atoms with Crippen LogP contribution in [0.1, 0.15) is 0 Å². The molecule has 0 heterocycles. The van der Waals surface area contributed by atoms with Crippen LogP contribution in [0.15, 0.2) is 12.7 Å². The van der Waals surface area contributed by atoms with Crippen LogP contribution in [-0.4, -0.2) is 75.2 Å². The van der Waals surface area contributed by atoms with E-state index in [-0.39, 0.29) is 0 Å². The number of halogens is 13. The third kappa shape index (κ3) is 1.73. The van der Waals surface area contributed by atoms with Crippen molar-refractivity contribution in [1.29, 1.82) is 0 Å². The van der Waals surface area contributed by atoms with Crippen LogP contribution < -0.4 is 0 Å². The zero-order chi connectivity index (χ0) is 24.2. The molecule has 0 aliphatic heterocycles. The molecular formula is C13H7F13O4. The zero-order valence-electron chi connectivity index (χ0n) is 13.6. The SMILES string of the molecule is C=CC(=O)OC12C(F)(F)C(O)(F)C(F)(F)C(O)(C(F)(F)C(F)(CF)C1(F)F)C2(F)F. The van der Waals surface area contributed by atoms with Crippen LogP contribution in [-0.2, 0) is 9.53 Å². The first-order valence-corrected chi connectivity index (χ1v) is 7.15. The smallest absolute Gasteiger partial charge is 0.362 e. The van der Waals surface area contributed by atoms with Crippen molar-refractivity contribution in [2.75, 3.05) is 6.67 Å². The van der Waals surface area contributed by atoms with E-state index in [1.54, 1.807) is 0 Å². The Morgan fingerprint density at radius 1 is 0.767 bits per heavy atom. The Morgan fingerprint density at radius 2 is 1.20 bits per heavy atom. The molecule has 0 aromatic carbocycles. The average molecular weight is 474 g/mol. The van der Waals surface area contributed by atoms with Gasteiger partial charge in [0.15, 0.2) is 0 Å². The monoisotopic (exact) mass is 474 g/mol. The van der Waals surface area contributed by atoms with E-state index in [1.807, 2.05) is 0 Å². The van der Waals surface area contributed by atoms with Gasteiger partial charge in [0.1, 0.15) is 6.67 Å². The Bertz CT molecular complexity index is 796. The second-order valence-corrected chi connectivity index (χ2v) is 6.45. The summed E-state index contributed by atoms with van der Waals surface area (Å²) < 4.78 is 188. The minimum atomic E-state index is -7.57. The topological polar surface area (TPSA) is 66.8 Å². The standard InChI is InChI=1S/C13H7F13O4/c1-2-4(27)30-7-9(18,19)5(15,3-14)8(16,17)6(28,10(7,20)21)11(22,23)13(26,29)12(7,24)25/h2,28-29H,1,3H2. The van der Waals surface area contributed by atoms with Crippen molar-refractivity contribution >= 4 is 5.97 Å². The fourth-order valence-corrected chi connectivity index (χ4v) is 3.42. The molecule has 174 valence electrons. The molecule has 2 aliphatic rings. The van der Waals surface area contributed by atoms with Crippen LogP contribution in [0.5, 0.6) is 0 Å². The fraction of sp³-hybridized carbons (Fsp3) is 0.769. The molecule has 4 unspecified atom stereocenters. The van der Waals surface area contributed by atoms with Crippen molar-refractivity contribution in [2.24, 2.45) is 0 Å². The molecule has 0 saturated heterocycles. The lowest BCUT2D eigenvalue weighted by Gasteiger charge is -2.67. The van der Waals surface area contributed by atoms with E-state index in [0.717, 1.165) is 0 Å². The molecule has 2 saturated carbocycles. The van der Waals surface area contributed by atoms with Crippen molar-refractivity contribution in [1.82, 2.24) is 0 Å². The maximum atomic E-state index is 14.6. The summed E-state index contributed by atoms with van der Waals surface area (Å²) in [6.07, 6.45) is -0.526. The highest BCUT2D eigenvalue weighted by atomic mass is 19.3. The Balaban J connectivity index is 3.28. The van der Waals surface area contributed by atoms with Gasteiger partial charge in [-0.1, -0.05) is 6.58 Å². The molecule has 2 aliphatic carbocycles. The first-order chi connectivity index (χ1) is 13.0. The van der Waals surface area contributed by atoms with Gasteiger partial charge in [0.25, 0.3) is 11.3 Å². The van der Waals surface area contributed by atoms with Crippen LogP contribution in [0.25, 0.3) is 0 Å². The summed E-state index contributed by atoms with van der Waals surface area (Å²) in [4.78, 5) is 11.2. The largest absolute Gasteiger partial charge is 0.436 e. The van der Waals surface area contributed by atoms with Crippen molar-refractivity contribution in [3.8, 4) is 0 Å². The first-order valence-electron chi connectivity index (χ1n) is 7.15. The minimum Gasteiger partial charge on any atom is -0.436 e. The van der Waals surface area contributed by atoms with E-state index in [1.165, 1.54) is 0 Å². The van der Waals surface area contributed by atoms with Gasteiger partial charge in [-0.05, 0) is 0 Å². The van der Waals surface area contributed by atoms with Gasteiger partial charge in [0, 0.05) is 6.08 Å². The molecule has 0 radical (unpaired) electrons. The lowest BCUT2D eigenvalue weighted by Crippen LogP contribution is -3.02. The summed E-state index contributed by atoms with van der Waals surface area (Å²) >= 11 is 0. The predicted octanol–water partition coefficient (Wildman–Crippen LogP) is 2.73. The van der Waals surface area contributed by atoms with Crippen LogP contribution in [0.2, 0.25) is 0 Å². The quantitative estimate of drug-likeness (QED) is 0.375. The number of rotatable bonds is 3. The Morgan fingerprint density at radius 3 is 1.57 bits per heavy atom. The highest BCUT2D eigenvalue weighted by Crippen LogP contribution is 2.79. The number of ether oxygens (including phenoxy) is 1. The number of carbonyl (C=O) groups is 1. The van der Waals surface area contributed by atoms with Gasteiger partial charge in [-0.3, -0.25) is 0 Å². The maximum absolute atomic E-state index is 14.6. The lowest BCUT2D eigenvalue weighted by molar-refractivity contribution is -0.579. The molecule has 2 N–H and O–H groups in total. The molecule has 4 nitrogen and oxygen atoms in total. The van der Waals surface area contributed by atoms with E-state index in [0.29, 0.717) is 0 Å². The third-order valence-corrected chi connectivity index (χ3v) is 5.12. The zero-order valence-corrected chi connectivity index (χ0v) is 13.6. The summed E-state index contributed by atoms with van der Waals surface area (Å²) in [6.45, 7) is -1.66. The van der Waals surface area contributed by atoms with Gasteiger partial charge in [0.05, 0.1) is 0 Å². The van der Waals surface area contributed by atoms with E-state index >= 15 is 0 Å². The fourth-order valence-electron chi connectivity index (χ4n) is 3.42. The van der Waals surface area contributed by atoms with Gasteiger partial charge >= 0.3 is 47.0 Å². The molecule has 2 fully saturated rings. The van der Waals surface area contributed by atoms with E-state index in [9.17, 15) is 67.0 Å². The summed E-state index contributed by atoms with van der Waals surface area (Å²) in [5, 5.41) is 18.2. The highest BCUT2D eigenvalue weighted by molar-refractivity contribution is 5.82. The summed E-state index contributed by atoms with van der Waals surface area (Å²) in [5.41, 5.74) is -21.3. The van der Waals surface area contributed by atoms with Crippen molar-refractivity contribution < 1.29 is 76.8 Å². The van der Waals surface area contributed by atoms with E-state index in [2.05, 4.69) is 11.3 Å². The number of fused-ring (bicyclic) bond motifs is 2. The number of esters is 1. The second kappa shape index (κ2) is 5.52. The van der Waals surface area contributed by atoms with Gasteiger partial charge < -0.3 is 14.9 Å². The molecule has 2 bridgehead atoms. The number of carbonyl (C=O) groups excluding carboxylic acids is 1. The predicted molar refractivity (Wildman–Crippen MR) is 64.6 cm³/mol. The first kappa shape index (κ1) is 24.5. The van der Waals surface area contributed by atoms with Crippen molar-refractivity contribution in [2.45, 2.75) is 52.3 Å². The van der Waals surface area contributed by atoms with Crippen LogP contribution in [0.4, 0.5) is 57.1 Å². The molecule has 30 heavy (non-hydrogen) atoms. The number of hydrogen-bond donors (Lipinski definition) is 2. The molecule has 0 aromatic heterocycles. The maximum Gasteiger partial charge on any atom is 0.362 e. The third-order valence-electron chi connectivity index (χ3n) is 5.12. The number of hydrogen-bond acceptors (Lipinski definition) is 4. The van der Waals surface area contributed by atoms with E-state index < -0.39 is 71.1 Å². The number of alkyl halides is 13. The van der Waals surface area contributed by atoms with Crippen molar-refractivity contribution in [3.63, 3.8) is 0 Å². The molecule has 0 aromatic rings. The number of aliphatic hydroxyl groups is 2. The Kier molecular flexibility index (Phi) is 4.51. The molecule has 17 heteroatoms. The van der Waals surface area contributed by atoms with Gasteiger partial charge in [-0.25, -0.2) is 13.6 Å². The van der Waals surface area contributed by atoms with E-state index in [4.69, 9.17) is 5.11 Å². The van der Waals surface area contributed by atoms with Crippen LogP contribution in [0.3, 0.4) is 0 Å². The van der Waals surface area contributed by atoms with Crippen LogP contribution >= 0.6 is 0 Å². The average Bonchev–Trinajstić information content (AvgIpc) is 2.60. The summed E-state index contributed by atoms with van der Waals surface area (Å²) in [7, 11) is 0.